The van der Waals surface area contributed by atoms with Crippen LogP contribution in [0.1, 0.15) is 106 Å². The Morgan fingerprint density at radius 2 is 1.24 bits per heavy atom. The van der Waals surface area contributed by atoms with Crippen LogP contribution >= 0.6 is 0 Å². The maximum Gasteiger partial charge on any atom is 0.407 e. The second-order valence-corrected chi connectivity index (χ2v) is 16.9. The molecule has 0 radical (unpaired) electrons. The lowest BCUT2D eigenvalue weighted by Crippen LogP contribution is -2.59. The Labute approximate surface area is 326 Å². The van der Waals surface area contributed by atoms with Crippen LogP contribution in [0.25, 0.3) is 11.1 Å². The van der Waals surface area contributed by atoms with Crippen molar-refractivity contribution in [1.82, 2.24) is 21.3 Å². The molecule has 0 aromatic heterocycles. The molecule has 0 fully saturated rings. The maximum atomic E-state index is 14.0. The number of amides is 4. The molecule has 13 nitrogen and oxygen atoms in total. The van der Waals surface area contributed by atoms with Gasteiger partial charge in [-0.15, -0.1) is 0 Å². The van der Waals surface area contributed by atoms with Gasteiger partial charge in [0, 0.05) is 24.9 Å². The molecule has 6 N–H and O–H groups in total. The van der Waals surface area contributed by atoms with E-state index in [1.54, 1.807) is 41.5 Å². The van der Waals surface area contributed by atoms with Gasteiger partial charge >= 0.3 is 12.1 Å². The highest BCUT2D eigenvalue weighted by atomic mass is 16.6. The summed E-state index contributed by atoms with van der Waals surface area (Å²) in [6, 6.07) is 12.1. The summed E-state index contributed by atoms with van der Waals surface area (Å²) >= 11 is 0. The molecule has 3 rings (SSSR count). The maximum absolute atomic E-state index is 14.0. The lowest BCUT2D eigenvalue weighted by Gasteiger charge is -2.29. The van der Waals surface area contributed by atoms with E-state index >= 15 is 0 Å². The van der Waals surface area contributed by atoms with Gasteiger partial charge in [0.2, 0.25) is 17.7 Å². The zero-order chi connectivity index (χ0) is 41.1. The molecule has 0 bridgehead atoms. The van der Waals surface area contributed by atoms with Crippen molar-refractivity contribution in [3.05, 3.63) is 59.7 Å². The average molecular weight is 766 g/mol. The fourth-order valence-corrected chi connectivity index (χ4v) is 6.25. The Morgan fingerprint density at radius 3 is 1.75 bits per heavy atom. The van der Waals surface area contributed by atoms with Crippen LogP contribution in [0.2, 0.25) is 0 Å². The summed E-state index contributed by atoms with van der Waals surface area (Å²) in [5.41, 5.74) is 8.63. The molecule has 4 atom stereocenters. The van der Waals surface area contributed by atoms with Crippen molar-refractivity contribution in [2.45, 2.75) is 130 Å². The number of fused-ring (bicyclic) bond motifs is 3. The molecule has 304 valence electrons. The number of alkyl carbamates (subject to hydrolysis) is 1. The summed E-state index contributed by atoms with van der Waals surface area (Å²) < 4.78 is 17.1. The van der Waals surface area contributed by atoms with Crippen LogP contribution in [0, 0.1) is 11.8 Å². The molecule has 0 unspecified atom stereocenters. The van der Waals surface area contributed by atoms with Crippen LogP contribution in [0.3, 0.4) is 0 Å². The minimum absolute atomic E-state index is 0.00580. The molecule has 13 heteroatoms. The second kappa shape index (κ2) is 19.9. The van der Waals surface area contributed by atoms with Crippen molar-refractivity contribution in [2.75, 3.05) is 19.8 Å². The first-order valence-corrected chi connectivity index (χ1v) is 19.3. The molecule has 55 heavy (non-hydrogen) atoms. The topological polar surface area (TPSA) is 187 Å². The molecule has 0 heterocycles. The lowest BCUT2D eigenvalue weighted by atomic mass is 9.98. The fraction of sp³-hybridized carbons (Fsp3) is 0.595. The number of carbonyl (C=O) groups is 5. The van der Waals surface area contributed by atoms with Crippen LogP contribution in [0.4, 0.5) is 4.79 Å². The number of esters is 1. The third-order valence-electron chi connectivity index (χ3n) is 9.05. The third-order valence-corrected chi connectivity index (χ3v) is 9.05. The van der Waals surface area contributed by atoms with Crippen LogP contribution in [0.5, 0.6) is 0 Å². The number of nitrogens with two attached hydrogens (primary N) is 1. The van der Waals surface area contributed by atoms with E-state index in [2.05, 4.69) is 21.3 Å². The molecular formula is C42H63N5O8. The van der Waals surface area contributed by atoms with Crippen LogP contribution in [0.15, 0.2) is 48.5 Å². The molecule has 4 amide bonds. The lowest BCUT2D eigenvalue weighted by molar-refractivity contribution is -0.155. The van der Waals surface area contributed by atoms with Gasteiger partial charge in [0.15, 0.2) is 0 Å². The SMILES string of the molecule is CC(C)C[C@H](NC(=O)[C@H](COC(C)(C)C)NC(=O)[C@H](CCC(=O)OC(C)(C)C)NC(=O)OCC1c2ccccc2-c2ccccc21)C(=O)N[C@H](CN)C(C)C. The van der Waals surface area contributed by atoms with Gasteiger partial charge in [-0.3, -0.25) is 19.2 Å². The molecule has 0 aliphatic heterocycles. The third kappa shape index (κ3) is 14.3. The molecule has 1 aliphatic rings. The van der Waals surface area contributed by atoms with Gasteiger partial charge in [-0.1, -0.05) is 76.2 Å². The van der Waals surface area contributed by atoms with Crippen molar-refractivity contribution in [1.29, 1.82) is 0 Å². The molecular weight excluding hydrogens is 702 g/mol. The van der Waals surface area contributed by atoms with E-state index in [9.17, 15) is 24.0 Å². The Balaban J connectivity index is 1.82. The van der Waals surface area contributed by atoms with Gasteiger partial charge in [0.25, 0.3) is 0 Å². The van der Waals surface area contributed by atoms with E-state index in [1.807, 2.05) is 76.2 Å². The summed E-state index contributed by atoms with van der Waals surface area (Å²) in [5.74, 6) is -2.46. The van der Waals surface area contributed by atoms with Gasteiger partial charge in [-0.25, -0.2) is 4.79 Å². The Morgan fingerprint density at radius 1 is 0.709 bits per heavy atom. The molecule has 2 aromatic carbocycles. The van der Waals surface area contributed by atoms with Gasteiger partial charge in [-0.2, -0.15) is 0 Å². The monoisotopic (exact) mass is 765 g/mol. The number of benzene rings is 2. The number of ether oxygens (including phenoxy) is 3. The van der Waals surface area contributed by atoms with Crippen molar-refractivity contribution < 1.29 is 38.2 Å². The number of hydrogen-bond acceptors (Lipinski definition) is 9. The van der Waals surface area contributed by atoms with Gasteiger partial charge in [0.05, 0.1) is 12.2 Å². The summed E-state index contributed by atoms with van der Waals surface area (Å²) in [6.45, 7) is 18.4. The number of carbonyl (C=O) groups excluding carboxylic acids is 5. The molecule has 1 aliphatic carbocycles. The van der Waals surface area contributed by atoms with Crippen LogP contribution in [-0.2, 0) is 33.4 Å². The highest BCUT2D eigenvalue weighted by Crippen LogP contribution is 2.44. The average Bonchev–Trinajstić information content (AvgIpc) is 3.41. The smallest absolute Gasteiger partial charge is 0.407 e. The van der Waals surface area contributed by atoms with E-state index in [0.29, 0.717) is 6.42 Å². The minimum atomic E-state index is -1.29. The van der Waals surface area contributed by atoms with Gasteiger partial charge in [0.1, 0.15) is 30.3 Å². The number of hydrogen-bond donors (Lipinski definition) is 5. The van der Waals surface area contributed by atoms with Crippen LogP contribution < -0.4 is 27.0 Å². The van der Waals surface area contributed by atoms with Crippen LogP contribution in [-0.4, -0.2) is 84.9 Å². The standard InChI is InChI=1S/C42H63N5O8/c1-25(2)21-33(38(50)45-34(22-43)26(3)4)44-39(51)35(24-54-41(5,6)7)46-37(49)32(19-20-36(48)55-42(8,9)10)47-40(52)53-23-31-29-17-13-11-15-27(29)28-16-12-14-18-30(28)31/h11-18,25-26,31-35H,19-24,43H2,1-10H3,(H,44,51)(H,45,50)(H,46,49)(H,47,52)/t32-,33-,34+,35-/m0/s1. The van der Waals surface area contributed by atoms with Crippen molar-refractivity contribution in [2.24, 2.45) is 17.6 Å². The largest absolute Gasteiger partial charge is 0.460 e. The summed E-state index contributed by atoms with van der Waals surface area (Å²) in [7, 11) is 0. The zero-order valence-electron chi connectivity index (χ0n) is 34.2. The molecule has 2 aromatic rings. The summed E-state index contributed by atoms with van der Waals surface area (Å²) in [5, 5.41) is 11.1. The van der Waals surface area contributed by atoms with Crippen molar-refractivity contribution in [3.63, 3.8) is 0 Å². The summed E-state index contributed by atoms with van der Waals surface area (Å²) in [4.78, 5) is 67.4. The molecule has 0 spiro atoms. The summed E-state index contributed by atoms with van der Waals surface area (Å²) in [6.07, 6.45) is -0.891. The van der Waals surface area contributed by atoms with E-state index in [4.69, 9.17) is 19.9 Å². The van der Waals surface area contributed by atoms with E-state index in [0.717, 1.165) is 22.3 Å². The highest BCUT2D eigenvalue weighted by Gasteiger charge is 2.34. The van der Waals surface area contributed by atoms with E-state index in [1.165, 1.54) is 0 Å². The van der Waals surface area contributed by atoms with E-state index < -0.39 is 53.2 Å². The highest BCUT2D eigenvalue weighted by molar-refractivity contribution is 5.94. The second-order valence-electron chi connectivity index (χ2n) is 16.9. The van der Waals surface area contributed by atoms with Crippen molar-refractivity contribution in [3.8, 4) is 11.1 Å². The van der Waals surface area contributed by atoms with Crippen molar-refractivity contribution >= 4 is 29.8 Å². The van der Waals surface area contributed by atoms with Gasteiger partial charge in [-0.05, 0) is 88.5 Å². The Hall–Kier alpha value is -4.49. The molecule has 0 saturated heterocycles. The van der Waals surface area contributed by atoms with E-state index in [-0.39, 0.29) is 62.3 Å². The van der Waals surface area contributed by atoms with Gasteiger partial charge < -0.3 is 41.2 Å². The quantitative estimate of drug-likeness (QED) is 0.131. The number of nitrogens with one attached hydrogen (secondary N) is 4. The normalized spacial score (nSPS) is 14.9. The predicted octanol–water partition coefficient (Wildman–Crippen LogP) is 4.95. The zero-order valence-corrected chi connectivity index (χ0v) is 34.2. The first-order valence-electron chi connectivity index (χ1n) is 19.3. The first kappa shape index (κ1) is 44.9. The fourth-order valence-electron chi connectivity index (χ4n) is 6.25. The predicted molar refractivity (Wildman–Crippen MR) is 212 cm³/mol. The Kier molecular flexibility index (Phi) is 16.2. The minimum Gasteiger partial charge on any atom is -0.460 e. The first-order chi connectivity index (χ1) is 25.7. The molecule has 0 saturated carbocycles. The number of rotatable bonds is 18. The Bertz CT molecular complexity index is 1580.